The minimum absolute atomic E-state index is 0.0108. The largest absolute Gasteiger partial charge is 0.416 e. The maximum Gasteiger partial charge on any atom is 0.416 e. The zero-order valence-electron chi connectivity index (χ0n) is 36.1. The molecular formula is C53H29F12N5. The van der Waals surface area contributed by atoms with E-state index in [-0.39, 0.29) is 62.4 Å². The normalized spacial score (nSPS) is 12.7. The van der Waals surface area contributed by atoms with E-state index in [4.69, 9.17) is 4.98 Å². The Morgan fingerprint density at radius 3 is 1.16 bits per heavy atom. The quantitative estimate of drug-likeness (QED) is 0.162. The van der Waals surface area contributed by atoms with Crippen LogP contribution in [0.15, 0.2) is 140 Å². The smallest absolute Gasteiger partial charge is 0.308 e. The number of fused-ring (bicyclic) bond motifs is 6. The maximum atomic E-state index is 14.1. The van der Waals surface area contributed by atoms with Crippen LogP contribution in [0.25, 0.3) is 88.5 Å². The predicted molar refractivity (Wildman–Crippen MR) is 241 cm³/mol. The molecule has 0 aliphatic carbocycles. The first-order valence-electron chi connectivity index (χ1n) is 21.1. The molecule has 0 N–H and O–H groups in total. The van der Waals surface area contributed by atoms with Crippen molar-refractivity contribution >= 4 is 43.6 Å². The summed E-state index contributed by atoms with van der Waals surface area (Å²) in [6.07, 6.45) is -20.5. The Morgan fingerprint density at radius 2 is 0.786 bits per heavy atom. The lowest BCUT2D eigenvalue weighted by Crippen LogP contribution is -2.11. The van der Waals surface area contributed by atoms with Crippen LogP contribution in [0.3, 0.4) is 0 Å². The Hall–Kier alpha value is -8.13. The summed E-state index contributed by atoms with van der Waals surface area (Å²) in [6.45, 7) is 3.41. The molecule has 17 heteroatoms. The van der Waals surface area contributed by atoms with Crippen molar-refractivity contribution in [1.82, 2.24) is 19.1 Å². The second-order valence-corrected chi connectivity index (χ2v) is 16.7. The molecule has 10 aromatic rings. The predicted octanol–water partition coefficient (Wildman–Crippen LogP) is 16.2. The highest BCUT2D eigenvalue weighted by atomic mass is 19.4. The van der Waals surface area contributed by atoms with E-state index in [1.165, 1.54) is 24.3 Å². The Bertz CT molecular complexity index is 3530. The summed E-state index contributed by atoms with van der Waals surface area (Å²) >= 11 is 0. The van der Waals surface area contributed by atoms with Gasteiger partial charge in [0.1, 0.15) is 17.5 Å². The van der Waals surface area contributed by atoms with E-state index in [9.17, 15) is 57.9 Å². The molecule has 0 atom stereocenters. The van der Waals surface area contributed by atoms with Crippen LogP contribution in [0.1, 0.15) is 39.3 Å². The standard InChI is InChI=1S/C53H29F12N5/c1-27-15-43(68-28(2)67-27)33-22-48(69-44-9-5-3-7-38(44)40-13-11-29(20-46(40)69)31-16-34(50(54,55)56)24-35(17-31)51(57,58)59)42(26-66)49(23-33)70-45-10-6-4-8-39(45)41-14-12-30(21-47(41)70)32-18-36(52(60,61)62)25-37(19-32)53(63,64)65/h3-25H,1-2H3. The lowest BCUT2D eigenvalue weighted by molar-refractivity contribution is -0.144. The Kier molecular flexibility index (Phi) is 10.4. The van der Waals surface area contributed by atoms with Crippen LogP contribution in [0.5, 0.6) is 0 Å². The molecule has 3 heterocycles. The number of hydrogen-bond donors (Lipinski definition) is 0. The zero-order chi connectivity index (χ0) is 49.8. The molecule has 350 valence electrons. The molecule has 7 aromatic carbocycles. The van der Waals surface area contributed by atoms with Gasteiger partial charge in [0, 0.05) is 32.8 Å². The van der Waals surface area contributed by atoms with Crippen molar-refractivity contribution in [3.05, 3.63) is 179 Å². The molecular weight excluding hydrogens is 935 g/mol. The number of nitrogens with zero attached hydrogens (tertiary/aromatic N) is 5. The number of hydrogen-bond acceptors (Lipinski definition) is 3. The van der Waals surface area contributed by atoms with Gasteiger partial charge in [0.05, 0.1) is 61.4 Å². The topological polar surface area (TPSA) is 59.4 Å². The van der Waals surface area contributed by atoms with Crippen molar-refractivity contribution in [1.29, 1.82) is 5.26 Å². The SMILES string of the molecule is Cc1cc(-c2cc(-n3c4ccccc4c4ccc(-c5cc(C(F)(F)F)cc(C(F)(F)F)c5)cc43)c(C#N)c(-n3c4ccccc4c4ccc(-c5cc(C(F)(F)F)cc(C(F)(F)F)c5)cc43)c2)nc(C)n1. The highest BCUT2D eigenvalue weighted by Gasteiger charge is 2.39. The number of nitriles is 1. The van der Waals surface area contributed by atoms with Gasteiger partial charge in [-0.15, -0.1) is 0 Å². The number of para-hydroxylation sites is 2. The second kappa shape index (κ2) is 16.0. The van der Waals surface area contributed by atoms with E-state index in [2.05, 4.69) is 11.1 Å². The van der Waals surface area contributed by atoms with Crippen LogP contribution < -0.4 is 0 Å². The van der Waals surface area contributed by atoms with Crippen LogP contribution in [0, 0.1) is 25.2 Å². The molecule has 70 heavy (non-hydrogen) atoms. The van der Waals surface area contributed by atoms with Gasteiger partial charge < -0.3 is 9.13 Å². The lowest BCUT2D eigenvalue weighted by Gasteiger charge is -2.19. The minimum atomic E-state index is -5.13. The number of aryl methyl sites for hydroxylation is 2. The van der Waals surface area contributed by atoms with Gasteiger partial charge in [-0.25, -0.2) is 9.97 Å². The van der Waals surface area contributed by atoms with E-state index < -0.39 is 47.0 Å². The van der Waals surface area contributed by atoms with Crippen molar-refractivity contribution < 1.29 is 52.7 Å². The molecule has 0 spiro atoms. The van der Waals surface area contributed by atoms with Gasteiger partial charge in [-0.1, -0.05) is 60.7 Å². The number of rotatable bonds is 5. The van der Waals surface area contributed by atoms with Crippen LogP contribution in [0.4, 0.5) is 52.7 Å². The van der Waals surface area contributed by atoms with Gasteiger partial charge in [0.15, 0.2) is 0 Å². The molecule has 0 bridgehead atoms. The third-order valence-electron chi connectivity index (χ3n) is 12.1. The van der Waals surface area contributed by atoms with Crippen molar-refractivity contribution in [2.45, 2.75) is 38.6 Å². The summed E-state index contributed by atoms with van der Waals surface area (Å²) in [7, 11) is 0. The van der Waals surface area contributed by atoms with Crippen LogP contribution >= 0.6 is 0 Å². The molecule has 5 nitrogen and oxygen atoms in total. The fraction of sp³-hybridized carbons (Fsp3) is 0.113. The lowest BCUT2D eigenvalue weighted by atomic mass is 9.98. The fourth-order valence-corrected chi connectivity index (χ4v) is 9.15. The van der Waals surface area contributed by atoms with Gasteiger partial charge in [-0.05, 0) is 115 Å². The van der Waals surface area contributed by atoms with Gasteiger partial charge in [-0.2, -0.15) is 57.9 Å². The summed E-state index contributed by atoms with van der Waals surface area (Å²) in [5.41, 5.74) is -3.60. The van der Waals surface area contributed by atoms with E-state index in [0.717, 1.165) is 0 Å². The Balaban J connectivity index is 1.31. The number of aromatic nitrogens is 4. The number of halogens is 12. The van der Waals surface area contributed by atoms with Crippen molar-refractivity contribution in [3.8, 4) is 51.0 Å². The molecule has 0 amide bonds. The highest BCUT2D eigenvalue weighted by Crippen LogP contribution is 2.45. The molecule has 0 fully saturated rings. The number of benzene rings is 7. The van der Waals surface area contributed by atoms with Crippen LogP contribution in [-0.4, -0.2) is 19.1 Å². The molecule has 0 aliphatic rings. The minimum Gasteiger partial charge on any atom is -0.308 e. The molecule has 3 aromatic heterocycles. The molecule has 10 rings (SSSR count). The highest BCUT2D eigenvalue weighted by molar-refractivity contribution is 6.12. The summed E-state index contributed by atoms with van der Waals surface area (Å²) < 4.78 is 173. The van der Waals surface area contributed by atoms with Crippen LogP contribution in [0.2, 0.25) is 0 Å². The first-order chi connectivity index (χ1) is 33.0. The monoisotopic (exact) mass is 963 g/mol. The van der Waals surface area contributed by atoms with Gasteiger partial charge in [0.2, 0.25) is 0 Å². The first kappa shape index (κ1) is 45.6. The third-order valence-corrected chi connectivity index (χ3v) is 12.1. The fourth-order valence-electron chi connectivity index (χ4n) is 9.15. The van der Waals surface area contributed by atoms with Gasteiger partial charge in [-0.3, -0.25) is 0 Å². The number of alkyl halides is 12. The maximum absolute atomic E-state index is 14.1. The van der Waals surface area contributed by atoms with E-state index in [0.29, 0.717) is 79.6 Å². The van der Waals surface area contributed by atoms with E-state index >= 15 is 0 Å². The Labute approximate surface area is 388 Å². The summed E-state index contributed by atoms with van der Waals surface area (Å²) in [6, 6.07) is 32.6. The summed E-state index contributed by atoms with van der Waals surface area (Å²) in [5, 5.41) is 13.7. The average molecular weight is 964 g/mol. The van der Waals surface area contributed by atoms with Crippen molar-refractivity contribution in [2.75, 3.05) is 0 Å². The third kappa shape index (κ3) is 7.92. The average Bonchev–Trinajstić information content (AvgIpc) is 3.81. The summed E-state index contributed by atoms with van der Waals surface area (Å²) in [4.78, 5) is 9.10. The Morgan fingerprint density at radius 1 is 0.400 bits per heavy atom. The van der Waals surface area contributed by atoms with E-state index in [1.54, 1.807) is 102 Å². The van der Waals surface area contributed by atoms with Crippen molar-refractivity contribution in [2.24, 2.45) is 0 Å². The molecule has 0 radical (unpaired) electrons. The van der Waals surface area contributed by atoms with E-state index in [1.807, 2.05) is 0 Å². The van der Waals surface area contributed by atoms with Crippen LogP contribution in [-0.2, 0) is 24.7 Å². The molecule has 0 saturated carbocycles. The zero-order valence-corrected chi connectivity index (χ0v) is 36.1. The second-order valence-electron chi connectivity index (χ2n) is 16.7. The van der Waals surface area contributed by atoms with Crippen molar-refractivity contribution in [3.63, 3.8) is 0 Å². The molecule has 0 unspecified atom stereocenters. The molecule has 0 aliphatic heterocycles. The van der Waals surface area contributed by atoms with Gasteiger partial charge >= 0.3 is 24.7 Å². The summed E-state index contributed by atoms with van der Waals surface area (Å²) in [5.74, 6) is 0.379. The molecule has 0 saturated heterocycles. The van der Waals surface area contributed by atoms with Gasteiger partial charge in [0.25, 0.3) is 0 Å². The first-order valence-corrected chi connectivity index (χ1v) is 21.1.